The molecule has 0 aliphatic heterocycles. The lowest BCUT2D eigenvalue weighted by Crippen LogP contribution is -2.34. The van der Waals surface area contributed by atoms with Crippen LogP contribution in [0.4, 0.5) is 5.13 Å². The highest BCUT2D eigenvalue weighted by molar-refractivity contribution is 7.89. The van der Waals surface area contributed by atoms with E-state index in [0.29, 0.717) is 15.8 Å². The Labute approximate surface area is 177 Å². The number of methoxy groups -OCH3 is 1. The van der Waals surface area contributed by atoms with Gasteiger partial charge in [0.1, 0.15) is 10.8 Å². The molecule has 0 radical (unpaired) electrons. The topological polar surface area (TPSA) is 101 Å². The lowest BCUT2D eigenvalue weighted by molar-refractivity contribution is -0.116. The number of aromatic nitrogens is 2. The number of amides is 1. The monoisotopic (exact) mass is 452 g/mol. The molecule has 0 atom stereocenters. The molecule has 8 nitrogen and oxygen atoms in total. The molecule has 2 aromatic carbocycles. The summed E-state index contributed by atoms with van der Waals surface area (Å²) in [5, 5.41) is 12.0. The largest absolute Gasteiger partial charge is 0.497 e. The summed E-state index contributed by atoms with van der Waals surface area (Å²) in [6, 6.07) is 13.0. The first-order valence-electron chi connectivity index (χ1n) is 8.29. The minimum atomic E-state index is -3.82. The maximum absolute atomic E-state index is 12.6. The molecule has 0 saturated heterocycles. The van der Waals surface area contributed by atoms with Crippen molar-refractivity contribution in [1.82, 2.24) is 14.5 Å². The van der Waals surface area contributed by atoms with Crippen molar-refractivity contribution in [1.29, 1.82) is 0 Å². The number of halogens is 1. The van der Waals surface area contributed by atoms with E-state index in [9.17, 15) is 13.2 Å². The van der Waals surface area contributed by atoms with Crippen LogP contribution in [0.25, 0.3) is 10.6 Å². The maximum Gasteiger partial charge on any atom is 0.243 e. The predicted molar refractivity (Wildman–Crippen MR) is 112 cm³/mol. The molecule has 0 unspecified atom stereocenters. The molecule has 11 heteroatoms. The summed E-state index contributed by atoms with van der Waals surface area (Å²) in [6.07, 6.45) is 0. The van der Waals surface area contributed by atoms with E-state index in [-0.39, 0.29) is 16.6 Å². The molecule has 0 bridgehead atoms. The number of hydrogen-bond donors (Lipinski definition) is 1. The summed E-state index contributed by atoms with van der Waals surface area (Å²) < 4.78 is 31.2. The van der Waals surface area contributed by atoms with Gasteiger partial charge in [0.05, 0.1) is 18.6 Å². The van der Waals surface area contributed by atoms with E-state index in [1.165, 1.54) is 37.6 Å². The normalized spacial score (nSPS) is 11.4. The van der Waals surface area contributed by atoms with Crippen molar-refractivity contribution in [3.8, 4) is 16.3 Å². The minimum absolute atomic E-state index is 0.0644. The first-order valence-corrected chi connectivity index (χ1v) is 10.9. The van der Waals surface area contributed by atoms with Gasteiger partial charge in [0.15, 0.2) is 0 Å². The standard InChI is InChI=1S/C18H17ClN4O4S2/c1-23(29(25,26)15-9-7-14(27-2)8-10-15)11-16(24)20-18-22-21-17(28-18)12-3-5-13(19)6-4-12/h3-10H,11H2,1-2H3,(H,20,22,24). The smallest absolute Gasteiger partial charge is 0.243 e. The van der Waals surface area contributed by atoms with Gasteiger partial charge in [0.25, 0.3) is 0 Å². The van der Waals surface area contributed by atoms with Gasteiger partial charge in [-0.25, -0.2) is 8.42 Å². The van der Waals surface area contributed by atoms with Crippen molar-refractivity contribution in [2.75, 3.05) is 26.0 Å². The number of sulfonamides is 1. The van der Waals surface area contributed by atoms with E-state index in [0.717, 1.165) is 9.87 Å². The second-order valence-electron chi connectivity index (χ2n) is 5.90. The SMILES string of the molecule is COc1ccc(S(=O)(=O)N(C)CC(=O)Nc2nnc(-c3ccc(Cl)cc3)s2)cc1. The van der Waals surface area contributed by atoms with Crippen molar-refractivity contribution < 1.29 is 17.9 Å². The van der Waals surface area contributed by atoms with Gasteiger partial charge < -0.3 is 4.74 Å². The third-order valence-electron chi connectivity index (χ3n) is 3.90. The average molecular weight is 453 g/mol. The first kappa shape index (κ1) is 21.2. The van der Waals surface area contributed by atoms with Crippen LogP contribution in [0.5, 0.6) is 5.75 Å². The number of hydrogen-bond acceptors (Lipinski definition) is 7. The molecule has 1 N–H and O–H groups in total. The number of anilines is 1. The molecule has 3 aromatic rings. The fraction of sp³-hybridized carbons (Fsp3) is 0.167. The van der Waals surface area contributed by atoms with Crippen LogP contribution in [0.3, 0.4) is 0 Å². The summed E-state index contributed by atoms with van der Waals surface area (Å²) in [5.41, 5.74) is 0.812. The van der Waals surface area contributed by atoms with Crippen LogP contribution >= 0.6 is 22.9 Å². The third-order valence-corrected chi connectivity index (χ3v) is 6.85. The highest BCUT2D eigenvalue weighted by atomic mass is 35.5. The molecule has 1 aromatic heterocycles. The van der Waals surface area contributed by atoms with Crippen molar-refractivity contribution in [3.63, 3.8) is 0 Å². The van der Waals surface area contributed by atoms with Gasteiger partial charge in [-0.05, 0) is 36.4 Å². The van der Waals surface area contributed by atoms with Crippen LogP contribution < -0.4 is 10.1 Å². The Hall–Kier alpha value is -2.53. The number of nitrogens with one attached hydrogen (secondary N) is 1. The lowest BCUT2D eigenvalue weighted by atomic mass is 10.2. The third kappa shape index (κ3) is 5.10. The zero-order valence-corrected chi connectivity index (χ0v) is 17.9. The van der Waals surface area contributed by atoms with Gasteiger partial charge >= 0.3 is 0 Å². The van der Waals surface area contributed by atoms with Gasteiger partial charge in [-0.3, -0.25) is 10.1 Å². The Morgan fingerprint density at radius 1 is 1.14 bits per heavy atom. The van der Waals surface area contributed by atoms with Crippen molar-refractivity contribution >= 4 is 44.0 Å². The summed E-state index contributed by atoms with van der Waals surface area (Å²) in [5.74, 6) is 0.0144. The van der Waals surface area contributed by atoms with Crippen LogP contribution in [-0.4, -0.2) is 49.5 Å². The van der Waals surface area contributed by atoms with E-state index in [2.05, 4.69) is 15.5 Å². The molecule has 0 fully saturated rings. The number of benzene rings is 2. The zero-order valence-electron chi connectivity index (χ0n) is 15.5. The average Bonchev–Trinajstić information content (AvgIpc) is 3.16. The highest BCUT2D eigenvalue weighted by Gasteiger charge is 2.23. The Morgan fingerprint density at radius 3 is 2.41 bits per heavy atom. The molecule has 1 amide bonds. The Kier molecular flexibility index (Phi) is 6.48. The van der Waals surface area contributed by atoms with Crippen LogP contribution in [0, 0.1) is 0 Å². The zero-order chi connectivity index (χ0) is 21.0. The number of carbonyl (C=O) groups excluding carboxylic acids is 1. The number of nitrogens with zero attached hydrogens (tertiary/aromatic N) is 3. The summed E-state index contributed by atoms with van der Waals surface area (Å²) in [7, 11) is -0.998. The molecule has 152 valence electrons. The van der Waals surface area contributed by atoms with Crippen LogP contribution in [0.1, 0.15) is 0 Å². The molecular formula is C18H17ClN4O4S2. The Morgan fingerprint density at radius 2 is 1.79 bits per heavy atom. The molecule has 29 heavy (non-hydrogen) atoms. The number of likely N-dealkylation sites (N-methyl/N-ethyl adjacent to an activating group) is 1. The number of ether oxygens (including phenoxy) is 1. The van der Waals surface area contributed by atoms with Crippen LogP contribution in [-0.2, 0) is 14.8 Å². The second kappa shape index (κ2) is 8.87. The van der Waals surface area contributed by atoms with E-state index in [1.807, 2.05) is 0 Å². The highest BCUT2D eigenvalue weighted by Crippen LogP contribution is 2.27. The van der Waals surface area contributed by atoms with Gasteiger partial charge in [-0.1, -0.05) is 35.1 Å². The Bertz CT molecular complexity index is 1100. The van der Waals surface area contributed by atoms with Gasteiger partial charge in [-0.2, -0.15) is 4.31 Å². The van der Waals surface area contributed by atoms with Crippen LogP contribution in [0.2, 0.25) is 5.02 Å². The van der Waals surface area contributed by atoms with E-state index >= 15 is 0 Å². The lowest BCUT2D eigenvalue weighted by Gasteiger charge is -2.16. The van der Waals surface area contributed by atoms with Crippen molar-refractivity contribution in [2.24, 2.45) is 0 Å². The fourth-order valence-electron chi connectivity index (χ4n) is 2.36. The van der Waals surface area contributed by atoms with Crippen molar-refractivity contribution in [3.05, 3.63) is 53.6 Å². The van der Waals surface area contributed by atoms with Crippen LogP contribution in [0.15, 0.2) is 53.4 Å². The molecule has 1 heterocycles. The first-order chi connectivity index (χ1) is 13.8. The maximum atomic E-state index is 12.6. The number of rotatable bonds is 7. The summed E-state index contributed by atoms with van der Waals surface area (Å²) in [4.78, 5) is 12.3. The van der Waals surface area contributed by atoms with Gasteiger partial charge in [-0.15, -0.1) is 10.2 Å². The molecule has 3 rings (SSSR count). The molecular weight excluding hydrogens is 436 g/mol. The molecule has 0 spiro atoms. The molecule has 0 aliphatic rings. The summed E-state index contributed by atoms with van der Waals surface area (Å²) >= 11 is 7.04. The summed E-state index contributed by atoms with van der Waals surface area (Å²) in [6.45, 7) is -0.371. The predicted octanol–water partition coefficient (Wildman–Crippen LogP) is 3.13. The second-order valence-corrected chi connectivity index (χ2v) is 9.36. The number of carbonyl (C=O) groups is 1. The van der Waals surface area contributed by atoms with E-state index in [4.69, 9.17) is 16.3 Å². The fourth-order valence-corrected chi connectivity index (χ4v) is 4.37. The van der Waals surface area contributed by atoms with E-state index < -0.39 is 15.9 Å². The van der Waals surface area contributed by atoms with Gasteiger partial charge in [0.2, 0.25) is 21.1 Å². The molecule has 0 saturated carbocycles. The minimum Gasteiger partial charge on any atom is -0.497 e. The van der Waals surface area contributed by atoms with E-state index in [1.54, 1.807) is 36.4 Å². The van der Waals surface area contributed by atoms with Gasteiger partial charge in [0, 0.05) is 17.6 Å². The Balaban J connectivity index is 1.64. The quantitative estimate of drug-likeness (QED) is 0.591. The molecule has 0 aliphatic carbocycles. The van der Waals surface area contributed by atoms with Crippen molar-refractivity contribution in [2.45, 2.75) is 4.90 Å².